The standard InChI is InChI=1S/C19H25N5S.HI/c1-14-23-16(13-25-14)12-24(3)19(20-2)21-10-6-7-15-11-22-18-9-5-4-8-17(15)18;/h4-5,8-9,11,13,22H,6-7,10,12H2,1-3H3,(H,20,21);1H. The summed E-state index contributed by atoms with van der Waals surface area (Å²) >= 11 is 1.69. The van der Waals surface area contributed by atoms with Crippen molar-refractivity contribution in [3.63, 3.8) is 0 Å². The monoisotopic (exact) mass is 483 g/mol. The molecule has 140 valence electrons. The highest BCUT2D eigenvalue weighted by atomic mass is 127. The van der Waals surface area contributed by atoms with E-state index in [9.17, 15) is 0 Å². The number of halogens is 1. The zero-order valence-corrected chi connectivity index (χ0v) is 18.6. The number of benzene rings is 1. The molecule has 0 aliphatic heterocycles. The van der Waals surface area contributed by atoms with Crippen molar-refractivity contribution in [2.24, 2.45) is 4.99 Å². The second-order valence-corrected chi connectivity index (χ2v) is 7.21. The van der Waals surface area contributed by atoms with Crippen molar-refractivity contribution in [1.82, 2.24) is 20.2 Å². The maximum atomic E-state index is 4.52. The molecular formula is C19H26IN5S. The number of nitrogens with zero attached hydrogens (tertiary/aromatic N) is 3. The SMILES string of the molecule is CN=C(NCCCc1c[nH]c2ccccc12)N(C)Cc1csc(C)n1.I. The fraction of sp³-hybridized carbons (Fsp3) is 0.368. The maximum absolute atomic E-state index is 4.52. The highest BCUT2D eigenvalue weighted by molar-refractivity contribution is 14.0. The van der Waals surface area contributed by atoms with E-state index in [1.807, 2.05) is 21.0 Å². The van der Waals surface area contributed by atoms with Gasteiger partial charge in [0, 0.05) is 43.1 Å². The number of aromatic nitrogens is 2. The summed E-state index contributed by atoms with van der Waals surface area (Å²) in [5.41, 5.74) is 3.67. The third-order valence-electron chi connectivity index (χ3n) is 4.22. The predicted molar refractivity (Wildman–Crippen MR) is 122 cm³/mol. The van der Waals surface area contributed by atoms with Crippen LogP contribution >= 0.6 is 35.3 Å². The third-order valence-corrected chi connectivity index (χ3v) is 5.04. The number of fused-ring (bicyclic) bond motifs is 1. The van der Waals surface area contributed by atoms with Gasteiger partial charge in [-0.15, -0.1) is 35.3 Å². The minimum Gasteiger partial charge on any atom is -0.361 e. The molecule has 0 bridgehead atoms. The minimum absolute atomic E-state index is 0. The fourth-order valence-electron chi connectivity index (χ4n) is 3.00. The molecule has 1 aromatic carbocycles. The molecule has 0 aliphatic carbocycles. The van der Waals surface area contributed by atoms with E-state index in [1.165, 1.54) is 16.5 Å². The summed E-state index contributed by atoms with van der Waals surface area (Å²) in [5.74, 6) is 0.907. The first-order valence-corrected chi connectivity index (χ1v) is 9.43. The Hall–Kier alpha value is -1.61. The Morgan fingerprint density at radius 1 is 1.35 bits per heavy atom. The number of para-hydroxylation sites is 1. The van der Waals surface area contributed by atoms with Crippen molar-refractivity contribution in [3.05, 3.63) is 52.1 Å². The van der Waals surface area contributed by atoms with E-state index in [2.05, 4.69) is 61.0 Å². The molecule has 0 fully saturated rings. The zero-order valence-electron chi connectivity index (χ0n) is 15.5. The number of hydrogen-bond acceptors (Lipinski definition) is 3. The number of aliphatic imine (C=N–C) groups is 1. The molecule has 0 unspecified atom stereocenters. The van der Waals surface area contributed by atoms with E-state index < -0.39 is 0 Å². The zero-order chi connectivity index (χ0) is 17.6. The Balaban J connectivity index is 0.00000243. The van der Waals surface area contributed by atoms with E-state index in [1.54, 1.807) is 11.3 Å². The summed E-state index contributed by atoms with van der Waals surface area (Å²) in [5, 5.41) is 7.98. The topological polar surface area (TPSA) is 56.3 Å². The number of thiazole rings is 1. The van der Waals surface area contributed by atoms with Gasteiger partial charge in [-0.05, 0) is 31.4 Å². The van der Waals surface area contributed by atoms with Crippen LogP contribution in [0.4, 0.5) is 0 Å². The normalized spacial score (nSPS) is 11.4. The molecule has 2 N–H and O–H groups in total. The lowest BCUT2D eigenvalue weighted by atomic mass is 10.1. The molecule has 0 atom stereocenters. The van der Waals surface area contributed by atoms with Crippen LogP contribution in [0.3, 0.4) is 0 Å². The lowest BCUT2D eigenvalue weighted by Gasteiger charge is -2.21. The van der Waals surface area contributed by atoms with Gasteiger partial charge in [0.2, 0.25) is 0 Å². The van der Waals surface area contributed by atoms with E-state index in [-0.39, 0.29) is 24.0 Å². The van der Waals surface area contributed by atoms with Crippen LogP contribution in [0, 0.1) is 6.92 Å². The van der Waals surface area contributed by atoms with E-state index in [0.717, 1.165) is 42.6 Å². The Morgan fingerprint density at radius 3 is 2.88 bits per heavy atom. The lowest BCUT2D eigenvalue weighted by molar-refractivity contribution is 0.470. The van der Waals surface area contributed by atoms with Gasteiger partial charge in [0.25, 0.3) is 0 Å². The second-order valence-electron chi connectivity index (χ2n) is 6.15. The minimum atomic E-state index is 0. The molecule has 0 aliphatic rings. The molecule has 26 heavy (non-hydrogen) atoms. The summed E-state index contributed by atoms with van der Waals surface area (Å²) in [6, 6.07) is 8.45. The van der Waals surface area contributed by atoms with Gasteiger partial charge in [-0.3, -0.25) is 4.99 Å². The molecule has 5 nitrogen and oxygen atoms in total. The van der Waals surface area contributed by atoms with Crippen LogP contribution in [0.1, 0.15) is 22.7 Å². The van der Waals surface area contributed by atoms with Gasteiger partial charge in [0.1, 0.15) is 0 Å². The van der Waals surface area contributed by atoms with Gasteiger partial charge in [0.05, 0.1) is 17.2 Å². The number of aromatic amines is 1. The predicted octanol–water partition coefficient (Wildman–Crippen LogP) is 4.19. The summed E-state index contributed by atoms with van der Waals surface area (Å²) in [6.07, 6.45) is 4.23. The van der Waals surface area contributed by atoms with Crippen LogP contribution in [0.5, 0.6) is 0 Å². The molecule has 2 aromatic heterocycles. The first-order valence-electron chi connectivity index (χ1n) is 8.55. The Bertz CT molecular complexity index is 854. The average molecular weight is 483 g/mol. The quantitative estimate of drug-likeness (QED) is 0.239. The average Bonchev–Trinajstić information content (AvgIpc) is 3.21. The maximum Gasteiger partial charge on any atom is 0.193 e. The smallest absolute Gasteiger partial charge is 0.193 e. The van der Waals surface area contributed by atoms with Crippen LogP contribution in [-0.4, -0.2) is 41.5 Å². The Kier molecular flexibility index (Phi) is 7.89. The van der Waals surface area contributed by atoms with E-state index >= 15 is 0 Å². The van der Waals surface area contributed by atoms with Crippen molar-refractivity contribution in [2.45, 2.75) is 26.3 Å². The largest absolute Gasteiger partial charge is 0.361 e. The third kappa shape index (κ3) is 5.20. The summed E-state index contributed by atoms with van der Waals surface area (Å²) in [6.45, 7) is 3.70. The van der Waals surface area contributed by atoms with Crippen LogP contribution in [-0.2, 0) is 13.0 Å². The molecule has 0 radical (unpaired) electrons. The Labute approximate surface area is 176 Å². The van der Waals surface area contributed by atoms with Crippen LogP contribution in [0.2, 0.25) is 0 Å². The lowest BCUT2D eigenvalue weighted by Crippen LogP contribution is -2.39. The van der Waals surface area contributed by atoms with Crippen LogP contribution in [0.15, 0.2) is 40.8 Å². The molecule has 2 heterocycles. The fourth-order valence-corrected chi connectivity index (χ4v) is 3.60. The van der Waals surface area contributed by atoms with E-state index in [0.29, 0.717) is 0 Å². The molecule has 7 heteroatoms. The number of H-pyrrole nitrogens is 1. The number of rotatable bonds is 6. The number of aryl methyl sites for hydroxylation is 2. The van der Waals surface area contributed by atoms with Crippen molar-refractivity contribution in [2.75, 3.05) is 20.6 Å². The van der Waals surface area contributed by atoms with Crippen molar-refractivity contribution < 1.29 is 0 Å². The molecule has 0 saturated carbocycles. The summed E-state index contributed by atoms with van der Waals surface area (Å²) in [7, 11) is 3.87. The molecule has 3 aromatic rings. The summed E-state index contributed by atoms with van der Waals surface area (Å²) < 4.78 is 0. The van der Waals surface area contributed by atoms with Crippen LogP contribution < -0.4 is 5.32 Å². The molecule has 0 saturated heterocycles. The van der Waals surface area contributed by atoms with Crippen molar-refractivity contribution in [3.8, 4) is 0 Å². The van der Waals surface area contributed by atoms with Gasteiger partial charge >= 0.3 is 0 Å². The first kappa shape index (κ1) is 20.7. The van der Waals surface area contributed by atoms with E-state index in [4.69, 9.17) is 0 Å². The van der Waals surface area contributed by atoms with Crippen molar-refractivity contribution >= 4 is 52.2 Å². The molecule has 0 spiro atoms. The first-order chi connectivity index (χ1) is 12.2. The van der Waals surface area contributed by atoms with Crippen LogP contribution in [0.25, 0.3) is 10.9 Å². The van der Waals surface area contributed by atoms with Crippen molar-refractivity contribution in [1.29, 1.82) is 0 Å². The number of hydrogen-bond donors (Lipinski definition) is 2. The van der Waals surface area contributed by atoms with Gasteiger partial charge < -0.3 is 15.2 Å². The second kappa shape index (κ2) is 9.91. The highest BCUT2D eigenvalue weighted by Crippen LogP contribution is 2.18. The van der Waals surface area contributed by atoms with Gasteiger partial charge in [0.15, 0.2) is 5.96 Å². The Morgan fingerprint density at radius 2 is 2.15 bits per heavy atom. The number of nitrogens with one attached hydrogen (secondary N) is 2. The molecule has 3 rings (SSSR count). The highest BCUT2D eigenvalue weighted by Gasteiger charge is 2.08. The number of guanidine groups is 1. The molecule has 0 amide bonds. The van der Waals surface area contributed by atoms with Gasteiger partial charge in [-0.25, -0.2) is 4.98 Å². The summed E-state index contributed by atoms with van der Waals surface area (Å²) in [4.78, 5) is 14.3. The molecular weight excluding hydrogens is 457 g/mol. The van der Waals surface area contributed by atoms with Gasteiger partial charge in [-0.1, -0.05) is 18.2 Å². The van der Waals surface area contributed by atoms with Gasteiger partial charge in [-0.2, -0.15) is 0 Å².